The van der Waals surface area contributed by atoms with Gasteiger partial charge in [-0.05, 0) is 30.9 Å². The highest BCUT2D eigenvalue weighted by Gasteiger charge is 2.23. The number of hydrogen-bond donors (Lipinski definition) is 1. The molecule has 4 nitrogen and oxygen atoms in total. The fourth-order valence-corrected chi connectivity index (χ4v) is 2.72. The van der Waals surface area contributed by atoms with Crippen molar-refractivity contribution in [1.82, 2.24) is 14.6 Å². The van der Waals surface area contributed by atoms with Crippen molar-refractivity contribution in [2.24, 2.45) is 5.92 Å². The minimum Gasteiger partial charge on any atom is -0.398 e. The molecule has 90 valence electrons. The molecule has 1 fully saturated rings. The Hall–Kier alpha value is -1.58. The van der Waals surface area contributed by atoms with E-state index in [0.29, 0.717) is 5.92 Å². The average molecular weight is 230 g/mol. The second-order valence-corrected chi connectivity index (χ2v) is 5.21. The molecule has 0 spiro atoms. The zero-order chi connectivity index (χ0) is 11.8. The third kappa shape index (κ3) is 1.88. The van der Waals surface area contributed by atoms with Gasteiger partial charge < -0.3 is 5.73 Å². The van der Waals surface area contributed by atoms with Crippen LogP contribution in [-0.4, -0.2) is 14.6 Å². The molecule has 0 radical (unpaired) electrons. The number of fused-ring (bicyclic) bond motifs is 1. The van der Waals surface area contributed by atoms with E-state index in [9.17, 15) is 0 Å². The molecule has 2 N–H and O–H groups in total. The lowest BCUT2D eigenvalue weighted by Gasteiger charge is -2.24. The third-order valence-electron chi connectivity index (χ3n) is 3.83. The van der Waals surface area contributed by atoms with Crippen LogP contribution in [0.25, 0.3) is 5.65 Å². The number of hydrogen-bond acceptors (Lipinski definition) is 3. The van der Waals surface area contributed by atoms with Crippen molar-refractivity contribution in [3.8, 4) is 0 Å². The maximum Gasteiger partial charge on any atom is 0.160 e. The van der Waals surface area contributed by atoms with Crippen molar-refractivity contribution in [3.05, 3.63) is 24.2 Å². The van der Waals surface area contributed by atoms with Gasteiger partial charge in [0.25, 0.3) is 0 Å². The average Bonchev–Trinajstić information content (AvgIpc) is 2.73. The second kappa shape index (κ2) is 4.02. The number of nitrogens with zero attached hydrogens (tertiary/aromatic N) is 3. The van der Waals surface area contributed by atoms with Gasteiger partial charge in [0.15, 0.2) is 5.65 Å². The molecule has 1 aliphatic rings. The van der Waals surface area contributed by atoms with Crippen LogP contribution in [0.3, 0.4) is 0 Å². The molecule has 2 heterocycles. The van der Waals surface area contributed by atoms with E-state index in [0.717, 1.165) is 23.1 Å². The van der Waals surface area contributed by atoms with Crippen molar-refractivity contribution in [2.45, 2.75) is 38.5 Å². The predicted molar refractivity (Wildman–Crippen MR) is 67.8 cm³/mol. The zero-order valence-electron chi connectivity index (χ0n) is 10.1. The van der Waals surface area contributed by atoms with E-state index >= 15 is 0 Å². The fraction of sp³-hybridized carbons (Fsp3) is 0.538. The molecule has 17 heavy (non-hydrogen) atoms. The van der Waals surface area contributed by atoms with Gasteiger partial charge in [0.2, 0.25) is 0 Å². The van der Waals surface area contributed by atoms with Gasteiger partial charge >= 0.3 is 0 Å². The summed E-state index contributed by atoms with van der Waals surface area (Å²) in [5.74, 6) is 2.48. The van der Waals surface area contributed by atoms with Crippen LogP contribution in [0.15, 0.2) is 18.3 Å². The summed E-state index contributed by atoms with van der Waals surface area (Å²) >= 11 is 0. The molecular formula is C13H18N4. The molecule has 2 aromatic heterocycles. The van der Waals surface area contributed by atoms with Crippen LogP contribution in [0, 0.1) is 5.92 Å². The van der Waals surface area contributed by atoms with E-state index in [-0.39, 0.29) is 0 Å². The van der Waals surface area contributed by atoms with Crippen molar-refractivity contribution in [3.63, 3.8) is 0 Å². The van der Waals surface area contributed by atoms with Crippen LogP contribution >= 0.6 is 0 Å². The molecule has 0 aromatic carbocycles. The quantitative estimate of drug-likeness (QED) is 0.819. The van der Waals surface area contributed by atoms with Gasteiger partial charge in [-0.15, -0.1) is 10.2 Å². The summed E-state index contributed by atoms with van der Waals surface area (Å²) in [5.41, 5.74) is 7.49. The van der Waals surface area contributed by atoms with Crippen LogP contribution in [0.2, 0.25) is 0 Å². The summed E-state index contributed by atoms with van der Waals surface area (Å²) in [7, 11) is 0. The lowest BCUT2D eigenvalue weighted by molar-refractivity contribution is 0.338. The first kappa shape index (κ1) is 10.6. The first-order valence-corrected chi connectivity index (χ1v) is 6.34. The van der Waals surface area contributed by atoms with Crippen LogP contribution in [-0.2, 0) is 0 Å². The molecule has 0 saturated heterocycles. The molecule has 0 amide bonds. The fourth-order valence-electron chi connectivity index (χ4n) is 2.72. The largest absolute Gasteiger partial charge is 0.398 e. The Morgan fingerprint density at radius 2 is 1.94 bits per heavy atom. The highest BCUT2D eigenvalue weighted by atomic mass is 15.2. The van der Waals surface area contributed by atoms with Crippen LogP contribution in [0.4, 0.5) is 5.69 Å². The van der Waals surface area contributed by atoms with Crippen molar-refractivity contribution in [1.29, 1.82) is 0 Å². The SMILES string of the molecule is CC1CCC(c2nnc3ccc(N)cn23)CC1. The molecule has 0 bridgehead atoms. The summed E-state index contributed by atoms with van der Waals surface area (Å²) in [6.07, 6.45) is 6.96. The Morgan fingerprint density at radius 1 is 1.18 bits per heavy atom. The third-order valence-corrected chi connectivity index (χ3v) is 3.83. The van der Waals surface area contributed by atoms with Crippen LogP contribution in [0.5, 0.6) is 0 Å². The van der Waals surface area contributed by atoms with Gasteiger partial charge in [-0.2, -0.15) is 0 Å². The molecule has 2 aromatic rings. The maximum absolute atomic E-state index is 5.83. The highest BCUT2D eigenvalue weighted by molar-refractivity contribution is 5.47. The Labute approximate surface area is 101 Å². The Kier molecular flexibility index (Phi) is 2.50. The first-order chi connectivity index (χ1) is 8.24. The molecule has 1 saturated carbocycles. The van der Waals surface area contributed by atoms with E-state index in [2.05, 4.69) is 21.5 Å². The van der Waals surface area contributed by atoms with E-state index in [1.807, 2.05) is 18.3 Å². The number of nitrogen functional groups attached to an aromatic ring is 1. The Morgan fingerprint density at radius 3 is 2.71 bits per heavy atom. The predicted octanol–water partition coefficient (Wildman–Crippen LogP) is 2.61. The second-order valence-electron chi connectivity index (χ2n) is 5.21. The number of anilines is 1. The van der Waals surface area contributed by atoms with Gasteiger partial charge in [0.1, 0.15) is 5.82 Å². The van der Waals surface area contributed by atoms with Crippen molar-refractivity contribution < 1.29 is 0 Å². The number of aromatic nitrogens is 3. The molecule has 3 rings (SSSR count). The first-order valence-electron chi connectivity index (χ1n) is 6.34. The topological polar surface area (TPSA) is 56.2 Å². The number of rotatable bonds is 1. The molecule has 1 aliphatic carbocycles. The van der Waals surface area contributed by atoms with Gasteiger partial charge in [-0.25, -0.2) is 0 Å². The molecule has 0 aliphatic heterocycles. The standard InChI is InChI=1S/C13H18N4/c1-9-2-4-10(5-3-9)13-16-15-12-7-6-11(14)8-17(12)13/h6-10H,2-5,14H2,1H3. The van der Waals surface area contributed by atoms with Crippen LogP contribution in [0.1, 0.15) is 44.3 Å². The summed E-state index contributed by atoms with van der Waals surface area (Å²) in [6.45, 7) is 2.33. The van der Waals surface area contributed by atoms with Gasteiger partial charge in [0.05, 0.1) is 0 Å². The lowest BCUT2D eigenvalue weighted by atomic mass is 9.82. The summed E-state index contributed by atoms with van der Waals surface area (Å²) in [5, 5.41) is 8.55. The van der Waals surface area contributed by atoms with Crippen molar-refractivity contribution >= 4 is 11.3 Å². The van der Waals surface area contributed by atoms with E-state index < -0.39 is 0 Å². The zero-order valence-corrected chi connectivity index (χ0v) is 10.1. The molecule has 4 heteroatoms. The smallest absolute Gasteiger partial charge is 0.160 e. The number of nitrogens with two attached hydrogens (primary N) is 1. The number of pyridine rings is 1. The maximum atomic E-state index is 5.83. The summed E-state index contributed by atoms with van der Waals surface area (Å²) in [6, 6.07) is 3.80. The van der Waals surface area contributed by atoms with Gasteiger partial charge in [-0.3, -0.25) is 4.40 Å². The normalized spacial score (nSPS) is 25.2. The highest BCUT2D eigenvalue weighted by Crippen LogP contribution is 2.34. The Bertz CT molecular complexity index is 523. The van der Waals surface area contributed by atoms with E-state index in [1.54, 1.807) is 0 Å². The Balaban J connectivity index is 1.97. The van der Waals surface area contributed by atoms with E-state index in [1.165, 1.54) is 25.7 Å². The van der Waals surface area contributed by atoms with Crippen molar-refractivity contribution in [2.75, 3.05) is 5.73 Å². The summed E-state index contributed by atoms with van der Waals surface area (Å²) < 4.78 is 2.05. The van der Waals surface area contributed by atoms with Crippen LogP contribution < -0.4 is 5.73 Å². The minimum absolute atomic E-state index is 0.544. The minimum atomic E-state index is 0.544. The molecule has 0 atom stereocenters. The molecular weight excluding hydrogens is 212 g/mol. The van der Waals surface area contributed by atoms with E-state index in [4.69, 9.17) is 5.73 Å². The monoisotopic (exact) mass is 230 g/mol. The van der Waals surface area contributed by atoms with Gasteiger partial charge in [0, 0.05) is 17.8 Å². The molecule has 0 unspecified atom stereocenters. The summed E-state index contributed by atoms with van der Waals surface area (Å²) in [4.78, 5) is 0. The van der Waals surface area contributed by atoms with Gasteiger partial charge in [-0.1, -0.05) is 19.8 Å². The lowest BCUT2D eigenvalue weighted by Crippen LogP contribution is -2.13.